The molecule has 234 valence electrons. The largest absolute Gasteiger partial charge is 0.370 e. The van der Waals surface area contributed by atoms with Crippen LogP contribution in [-0.4, -0.2) is 48.1 Å². The standard InChI is InChI=1S/C21H24N2O3.C4H9NO3.C3H7NO.C2H4.CH4/c1-4-21(2,3)20(26)23-14-22-19(25)17-12-10-16(11-13-17)18(24)15-8-6-5-7-9-15;1-2-4(6)5-3-8-7;1-2-3(4)5;1-2;/h5-13H,4,14H2,1-3H3,(H,22,25)(H,23,26);7H,2-3H2,1H3,(H,5,6);2H2,1H3,(H2,4,5);1-2H2;1H4. The molecule has 0 fully saturated rings. The summed E-state index contributed by atoms with van der Waals surface area (Å²) in [5, 5.41) is 15.3. The maximum absolute atomic E-state index is 12.3. The molecule has 0 spiro atoms. The lowest BCUT2D eigenvalue weighted by Crippen LogP contribution is -2.43. The normalized spacial score (nSPS) is 9.38. The Bertz CT molecular complexity index is 1070. The number of carbonyl (C=O) groups excluding carboxylic acids is 5. The van der Waals surface area contributed by atoms with Crippen molar-refractivity contribution in [1.29, 1.82) is 0 Å². The average molecular weight is 589 g/mol. The second-order valence-electron chi connectivity index (χ2n) is 8.75. The SMILES string of the molecule is C.C=C.CCC(=O)NCOO.CCC(C)(C)C(=O)NCNC(=O)c1ccc(C(=O)c2ccccc2)cc1.CCC(N)=O. The van der Waals surface area contributed by atoms with E-state index in [0.717, 1.165) is 0 Å². The topological polar surface area (TPSA) is 177 Å². The van der Waals surface area contributed by atoms with E-state index in [1.54, 1.807) is 50.2 Å². The van der Waals surface area contributed by atoms with Crippen molar-refractivity contribution in [2.75, 3.05) is 13.4 Å². The minimum Gasteiger partial charge on any atom is -0.370 e. The summed E-state index contributed by atoms with van der Waals surface area (Å²) in [4.78, 5) is 59.9. The highest BCUT2D eigenvalue weighted by Gasteiger charge is 2.24. The van der Waals surface area contributed by atoms with E-state index in [0.29, 0.717) is 36.0 Å². The maximum atomic E-state index is 12.3. The molecule has 11 heteroatoms. The minimum absolute atomic E-state index is 0. The Kier molecular flexibility index (Phi) is 24.5. The number of primary amides is 1. The quantitative estimate of drug-likeness (QED) is 0.0847. The van der Waals surface area contributed by atoms with Crippen LogP contribution in [0.5, 0.6) is 0 Å². The van der Waals surface area contributed by atoms with Gasteiger partial charge >= 0.3 is 0 Å². The van der Waals surface area contributed by atoms with E-state index < -0.39 is 5.41 Å². The van der Waals surface area contributed by atoms with E-state index in [-0.39, 0.29) is 50.2 Å². The molecule has 0 aliphatic heterocycles. The first-order valence-corrected chi connectivity index (χ1v) is 13.0. The van der Waals surface area contributed by atoms with E-state index in [1.807, 2.05) is 39.0 Å². The van der Waals surface area contributed by atoms with Gasteiger partial charge in [-0.1, -0.05) is 84.5 Å². The molecule has 0 bridgehead atoms. The van der Waals surface area contributed by atoms with Crippen molar-refractivity contribution in [3.63, 3.8) is 0 Å². The van der Waals surface area contributed by atoms with Crippen LogP contribution in [0.3, 0.4) is 0 Å². The number of rotatable bonds is 11. The molecule has 0 heterocycles. The first kappa shape index (κ1) is 42.1. The van der Waals surface area contributed by atoms with Gasteiger partial charge in [0.25, 0.3) is 5.91 Å². The van der Waals surface area contributed by atoms with Gasteiger partial charge in [0.2, 0.25) is 17.7 Å². The molecule has 2 aromatic carbocycles. The smallest absolute Gasteiger partial charge is 0.252 e. The third-order valence-corrected chi connectivity index (χ3v) is 5.45. The summed E-state index contributed by atoms with van der Waals surface area (Å²) in [6, 6.07) is 15.4. The predicted octanol–water partition coefficient (Wildman–Crippen LogP) is 4.44. The van der Waals surface area contributed by atoms with Crippen LogP contribution in [0.25, 0.3) is 0 Å². The van der Waals surface area contributed by atoms with Gasteiger partial charge in [0.05, 0.1) is 6.67 Å². The van der Waals surface area contributed by atoms with Crippen LogP contribution in [0.4, 0.5) is 0 Å². The molecule has 0 radical (unpaired) electrons. The number of amides is 4. The molecule has 2 aromatic rings. The van der Waals surface area contributed by atoms with Crippen molar-refractivity contribution in [2.24, 2.45) is 11.1 Å². The zero-order valence-electron chi connectivity index (χ0n) is 24.6. The fourth-order valence-electron chi connectivity index (χ4n) is 2.47. The predicted molar refractivity (Wildman–Crippen MR) is 165 cm³/mol. The molecule has 0 atom stereocenters. The van der Waals surface area contributed by atoms with Crippen LogP contribution in [0, 0.1) is 5.41 Å². The molecule has 0 aliphatic rings. The first-order chi connectivity index (χ1) is 19.4. The molecule has 11 nitrogen and oxygen atoms in total. The van der Waals surface area contributed by atoms with Crippen LogP contribution in [0.2, 0.25) is 0 Å². The van der Waals surface area contributed by atoms with E-state index in [4.69, 9.17) is 5.26 Å². The van der Waals surface area contributed by atoms with Crippen LogP contribution in [0.1, 0.15) is 87.6 Å². The highest BCUT2D eigenvalue weighted by atomic mass is 17.1. The Morgan fingerprint density at radius 1 is 0.810 bits per heavy atom. The van der Waals surface area contributed by atoms with Crippen LogP contribution in [0.15, 0.2) is 67.8 Å². The van der Waals surface area contributed by atoms with E-state index in [1.165, 1.54) is 0 Å². The van der Waals surface area contributed by atoms with Gasteiger partial charge in [0.1, 0.15) is 0 Å². The third kappa shape index (κ3) is 18.1. The molecule has 0 saturated heterocycles. The summed E-state index contributed by atoms with van der Waals surface area (Å²) >= 11 is 0. The van der Waals surface area contributed by atoms with Crippen molar-refractivity contribution in [3.05, 3.63) is 84.4 Å². The number of hydrogen-bond donors (Lipinski definition) is 5. The molecule has 4 amide bonds. The Hall–Kier alpha value is -4.35. The second-order valence-corrected chi connectivity index (χ2v) is 8.75. The van der Waals surface area contributed by atoms with E-state index >= 15 is 0 Å². The summed E-state index contributed by atoms with van der Waals surface area (Å²) in [6.45, 7) is 15.0. The highest BCUT2D eigenvalue weighted by Crippen LogP contribution is 2.19. The summed E-state index contributed by atoms with van der Waals surface area (Å²) < 4.78 is 0. The lowest BCUT2D eigenvalue weighted by Gasteiger charge is -2.21. The van der Waals surface area contributed by atoms with Crippen molar-refractivity contribution in [1.82, 2.24) is 16.0 Å². The first-order valence-electron chi connectivity index (χ1n) is 13.0. The Labute approximate surface area is 249 Å². The van der Waals surface area contributed by atoms with Gasteiger partial charge in [0, 0.05) is 34.9 Å². The Morgan fingerprint density at radius 2 is 1.29 bits per heavy atom. The maximum Gasteiger partial charge on any atom is 0.252 e. The number of benzene rings is 2. The van der Waals surface area contributed by atoms with Gasteiger partial charge in [-0.3, -0.25) is 24.0 Å². The van der Waals surface area contributed by atoms with Gasteiger partial charge in [-0.05, 0) is 18.6 Å². The molecule has 0 saturated carbocycles. The third-order valence-electron chi connectivity index (χ3n) is 5.45. The number of nitrogens with one attached hydrogen (secondary N) is 3. The molecule has 2 rings (SSSR count). The number of hydrogen-bond acceptors (Lipinski definition) is 7. The Balaban J connectivity index is -0.000000790. The molecule has 0 unspecified atom stereocenters. The van der Waals surface area contributed by atoms with Crippen LogP contribution >= 0.6 is 0 Å². The molecular formula is C31H48N4O7. The number of carbonyl (C=O) groups is 5. The number of nitrogens with two attached hydrogens (primary N) is 1. The molecular weight excluding hydrogens is 540 g/mol. The van der Waals surface area contributed by atoms with Gasteiger partial charge in [-0.15, -0.1) is 13.2 Å². The highest BCUT2D eigenvalue weighted by molar-refractivity contribution is 6.09. The molecule has 42 heavy (non-hydrogen) atoms. The van der Waals surface area contributed by atoms with E-state index in [9.17, 15) is 24.0 Å². The lowest BCUT2D eigenvalue weighted by atomic mass is 9.89. The fraction of sp³-hybridized carbons (Fsp3) is 0.387. The summed E-state index contributed by atoms with van der Waals surface area (Å²) in [5.74, 6) is -0.891. The fourth-order valence-corrected chi connectivity index (χ4v) is 2.47. The summed E-state index contributed by atoms with van der Waals surface area (Å²) in [5.41, 5.74) is 5.74. The van der Waals surface area contributed by atoms with Gasteiger partial charge < -0.3 is 21.7 Å². The molecule has 6 N–H and O–H groups in total. The van der Waals surface area contributed by atoms with Gasteiger partial charge in [-0.25, -0.2) is 10.1 Å². The summed E-state index contributed by atoms with van der Waals surface area (Å²) in [6.07, 6.45) is 1.56. The average Bonchev–Trinajstić information content (AvgIpc) is 3.01. The lowest BCUT2D eigenvalue weighted by molar-refractivity contribution is -0.246. The summed E-state index contributed by atoms with van der Waals surface area (Å²) in [7, 11) is 0. The van der Waals surface area contributed by atoms with Crippen LogP contribution < -0.4 is 21.7 Å². The van der Waals surface area contributed by atoms with E-state index in [2.05, 4.69) is 39.7 Å². The van der Waals surface area contributed by atoms with Gasteiger partial charge in [-0.2, -0.15) is 0 Å². The van der Waals surface area contributed by atoms with Crippen molar-refractivity contribution in [3.8, 4) is 0 Å². The zero-order chi connectivity index (χ0) is 31.8. The monoisotopic (exact) mass is 588 g/mol. The van der Waals surface area contributed by atoms with Crippen molar-refractivity contribution < 1.29 is 34.1 Å². The Morgan fingerprint density at radius 3 is 1.71 bits per heavy atom. The minimum atomic E-state index is -0.468. The second kappa shape index (κ2) is 24.4. The molecule has 0 aromatic heterocycles. The van der Waals surface area contributed by atoms with Gasteiger partial charge in [0.15, 0.2) is 12.5 Å². The van der Waals surface area contributed by atoms with Crippen molar-refractivity contribution in [2.45, 2.75) is 61.3 Å². The van der Waals surface area contributed by atoms with Crippen molar-refractivity contribution >= 4 is 29.4 Å². The van der Waals surface area contributed by atoms with Crippen LogP contribution in [-0.2, 0) is 19.3 Å². The molecule has 0 aliphatic carbocycles. The zero-order valence-corrected chi connectivity index (χ0v) is 24.6. The number of ketones is 1.